The van der Waals surface area contributed by atoms with Crippen LogP contribution in [-0.2, 0) is 0 Å². The Morgan fingerprint density at radius 2 is 0.725 bits per heavy atom. The molecule has 0 aromatic heterocycles. The van der Waals surface area contributed by atoms with Gasteiger partial charge in [0.25, 0.3) is 0 Å². The molecule has 0 heterocycles. The average molecular weight is 531 g/mol. The van der Waals surface area contributed by atoms with Crippen LogP contribution >= 0.6 is 0 Å². The number of benzene rings is 4. The molecule has 0 radical (unpaired) electrons. The van der Waals surface area contributed by atoms with Crippen molar-refractivity contribution in [3.05, 3.63) is 108 Å². The van der Waals surface area contributed by atoms with E-state index in [1.807, 2.05) is 61.0 Å². The standard InChI is InChI=1S/C34H38N6/c1-5-39(6-2)33-21-9-27(10-22-33)25-35-29-13-17-31(18-14-29)37-38-32-19-15-30(16-20-32)36-26-28-11-23-34(24-12-28)40(7-3)8-4/h9-26H,5-8H2,1-4H3. The molecular formula is C34H38N6. The predicted molar refractivity (Wildman–Crippen MR) is 172 cm³/mol. The monoisotopic (exact) mass is 530 g/mol. The van der Waals surface area contributed by atoms with E-state index in [1.165, 1.54) is 11.4 Å². The van der Waals surface area contributed by atoms with Crippen LogP contribution in [0.5, 0.6) is 0 Å². The highest BCUT2D eigenvalue weighted by molar-refractivity contribution is 5.83. The first-order valence-electron chi connectivity index (χ1n) is 14.0. The third kappa shape index (κ3) is 7.96. The third-order valence-electron chi connectivity index (χ3n) is 6.75. The van der Waals surface area contributed by atoms with E-state index in [1.54, 1.807) is 0 Å². The second-order valence-corrected chi connectivity index (χ2v) is 9.28. The minimum Gasteiger partial charge on any atom is -0.372 e. The summed E-state index contributed by atoms with van der Waals surface area (Å²) in [5.74, 6) is 0. The van der Waals surface area contributed by atoms with Crippen LogP contribution in [0.4, 0.5) is 34.1 Å². The first-order chi connectivity index (χ1) is 19.6. The first-order valence-corrected chi connectivity index (χ1v) is 14.0. The van der Waals surface area contributed by atoms with Crippen LogP contribution in [0.1, 0.15) is 38.8 Å². The number of hydrogen-bond donors (Lipinski definition) is 0. The van der Waals surface area contributed by atoms with Crippen molar-refractivity contribution < 1.29 is 0 Å². The van der Waals surface area contributed by atoms with Crippen LogP contribution in [0, 0.1) is 0 Å². The summed E-state index contributed by atoms with van der Waals surface area (Å²) in [5, 5.41) is 8.73. The van der Waals surface area contributed by atoms with Crippen LogP contribution in [0.15, 0.2) is 117 Å². The molecule has 4 aromatic rings. The maximum absolute atomic E-state index is 4.59. The molecule has 0 N–H and O–H groups in total. The number of anilines is 2. The molecule has 0 unspecified atom stereocenters. The van der Waals surface area contributed by atoms with Crippen molar-refractivity contribution in [1.82, 2.24) is 0 Å². The van der Waals surface area contributed by atoms with Gasteiger partial charge >= 0.3 is 0 Å². The minimum absolute atomic E-state index is 0.776. The molecule has 4 aromatic carbocycles. The Morgan fingerprint density at radius 1 is 0.425 bits per heavy atom. The molecule has 0 amide bonds. The molecule has 6 heteroatoms. The zero-order valence-corrected chi connectivity index (χ0v) is 23.9. The van der Waals surface area contributed by atoms with E-state index in [4.69, 9.17) is 0 Å². The molecule has 0 fully saturated rings. The Morgan fingerprint density at radius 3 is 1.02 bits per heavy atom. The van der Waals surface area contributed by atoms with Crippen molar-refractivity contribution in [2.75, 3.05) is 36.0 Å². The summed E-state index contributed by atoms with van der Waals surface area (Å²) in [6.45, 7) is 12.7. The van der Waals surface area contributed by atoms with Gasteiger partial charge in [0, 0.05) is 50.0 Å². The number of rotatable bonds is 12. The summed E-state index contributed by atoms with van der Waals surface area (Å²) in [5.41, 5.74) is 7.90. The topological polar surface area (TPSA) is 55.9 Å². The van der Waals surface area contributed by atoms with E-state index in [0.717, 1.165) is 60.1 Å². The van der Waals surface area contributed by atoms with Crippen molar-refractivity contribution >= 4 is 46.6 Å². The zero-order chi connectivity index (χ0) is 28.2. The highest BCUT2D eigenvalue weighted by atomic mass is 15.1. The number of azo groups is 1. The average Bonchev–Trinajstić information content (AvgIpc) is 3.01. The number of hydrogen-bond acceptors (Lipinski definition) is 6. The summed E-state index contributed by atoms with van der Waals surface area (Å²) < 4.78 is 0. The lowest BCUT2D eigenvalue weighted by Crippen LogP contribution is -2.21. The largest absolute Gasteiger partial charge is 0.372 e. The third-order valence-corrected chi connectivity index (χ3v) is 6.75. The molecule has 0 atom stereocenters. The van der Waals surface area contributed by atoms with Crippen LogP contribution in [0.25, 0.3) is 0 Å². The Labute approximate surface area is 238 Å². The molecule has 6 nitrogen and oxygen atoms in total. The smallest absolute Gasteiger partial charge is 0.0858 e. The van der Waals surface area contributed by atoms with Gasteiger partial charge in [-0.25, -0.2) is 0 Å². The Hall–Kier alpha value is -4.58. The van der Waals surface area contributed by atoms with Gasteiger partial charge in [-0.15, -0.1) is 0 Å². The Balaban J connectivity index is 1.31. The molecule has 204 valence electrons. The van der Waals surface area contributed by atoms with E-state index >= 15 is 0 Å². The molecule has 4 rings (SSSR count). The summed E-state index contributed by atoms with van der Waals surface area (Å²) in [6, 6.07) is 32.4. The molecule has 0 aliphatic rings. The van der Waals surface area contributed by atoms with Gasteiger partial charge in [0.2, 0.25) is 0 Å². The van der Waals surface area contributed by atoms with Gasteiger partial charge in [-0.3, -0.25) is 9.98 Å². The summed E-state index contributed by atoms with van der Waals surface area (Å²) in [4.78, 5) is 13.8. The van der Waals surface area contributed by atoms with Crippen molar-refractivity contribution in [2.45, 2.75) is 27.7 Å². The van der Waals surface area contributed by atoms with Gasteiger partial charge in [-0.05, 0) is 112 Å². The first kappa shape index (κ1) is 28.4. The fourth-order valence-corrected chi connectivity index (χ4v) is 4.34. The molecule has 0 bridgehead atoms. The number of nitrogens with zero attached hydrogens (tertiary/aromatic N) is 6. The SMILES string of the molecule is CCN(CC)c1ccc(C=Nc2ccc(N=Nc3ccc(N=Cc4ccc(N(CC)CC)cc4)cc3)cc2)cc1. The molecule has 0 spiro atoms. The van der Waals surface area contributed by atoms with Crippen molar-refractivity contribution in [1.29, 1.82) is 0 Å². The quantitative estimate of drug-likeness (QED) is 0.135. The van der Waals surface area contributed by atoms with Crippen molar-refractivity contribution in [3.63, 3.8) is 0 Å². The fraction of sp³-hybridized carbons (Fsp3) is 0.235. The molecular weight excluding hydrogens is 492 g/mol. The fourth-order valence-electron chi connectivity index (χ4n) is 4.34. The van der Waals surface area contributed by atoms with Crippen LogP contribution in [-0.4, -0.2) is 38.6 Å². The normalized spacial score (nSPS) is 11.6. The van der Waals surface area contributed by atoms with Gasteiger partial charge < -0.3 is 9.80 Å². The van der Waals surface area contributed by atoms with Crippen molar-refractivity contribution in [3.8, 4) is 0 Å². The van der Waals surface area contributed by atoms with Crippen LogP contribution in [0.3, 0.4) is 0 Å². The van der Waals surface area contributed by atoms with Gasteiger partial charge in [0.15, 0.2) is 0 Å². The molecule has 0 aliphatic carbocycles. The second kappa shape index (κ2) is 14.5. The summed E-state index contributed by atoms with van der Waals surface area (Å²) >= 11 is 0. The van der Waals surface area contributed by atoms with Crippen LogP contribution in [0.2, 0.25) is 0 Å². The van der Waals surface area contributed by atoms with Crippen LogP contribution < -0.4 is 9.80 Å². The molecule has 0 saturated carbocycles. The zero-order valence-electron chi connectivity index (χ0n) is 23.9. The van der Waals surface area contributed by atoms with E-state index in [0.29, 0.717) is 0 Å². The lowest BCUT2D eigenvalue weighted by molar-refractivity contribution is 0.866. The summed E-state index contributed by atoms with van der Waals surface area (Å²) in [6.07, 6.45) is 3.77. The van der Waals surface area contributed by atoms with E-state index < -0.39 is 0 Å². The molecule has 0 aliphatic heterocycles. The lowest BCUT2D eigenvalue weighted by atomic mass is 10.2. The van der Waals surface area contributed by atoms with Gasteiger partial charge in [0.05, 0.1) is 22.7 Å². The van der Waals surface area contributed by atoms with Gasteiger partial charge in [-0.2, -0.15) is 10.2 Å². The Kier molecular flexibility index (Phi) is 10.3. The highest BCUT2D eigenvalue weighted by Crippen LogP contribution is 2.24. The minimum atomic E-state index is 0.776. The maximum atomic E-state index is 4.59. The Bertz CT molecular complexity index is 1280. The summed E-state index contributed by atoms with van der Waals surface area (Å²) in [7, 11) is 0. The predicted octanol–water partition coefficient (Wildman–Crippen LogP) is 9.30. The van der Waals surface area contributed by atoms with Crippen molar-refractivity contribution in [2.24, 2.45) is 20.2 Å². The lowest BCUT2D eigenvalue weighted by Gasteiger charge is -2.20. The van der Waals surface area contributed by atoms with Gasteiger partial charge in [-0.1, -0.05) is 24.3 Å². The van der Waals surface area contributed by atoms with Gasteiger partial charge in [0.1, 0.15) is 0 Å². The molecule has 40 heavy (non-hydrogen) atoms. The van der Waals surface area contributed by atoms with E-state index in [9.17, 15) is 0 Å². The van der Waals surface area contributed by atoms with E-state index in [-0.39, 0.29) is 0 Å². The maximum Gasteiger partial charge on any atom is 0.0858 e. The molecule has 0 saturated heterocycles. The van der Waals surface area contributed by atoms with E-state index in [2.05, 4.69) is 106 Å². The number of aliphatic imine (C=N–C) groups is 2. The highest BCUT2D eigenvalue weighted by Gasteiger charge is 2.02. The second-order valence-electron chi connectivity index (χ2n) is 9.28.